The molecule has 6 aromatic carbocycles. The third-order valence-corrected chi connectivity index (χ3v) is 12.4. The first-order chi connectivity index (χ1) is 26.1. The van der Waals surface area contributed by atoms with Crippen molar-refractivity contribution in [1.29, 1.82) is 0 Å². The molecule has 0 aliphatic heterocycles. The van der Waals surface area contributed by atoms with Crippen molar-refractivity contribution < 1.29 is 0 Å². The summed E-state index contributed by atoms with van der Waals surface area (Å²) in [5.74, 6) is 0. The molecule has 54 heavy (non-hydrogen) atoms. The Balaban J connectivity index is 0.00000124. The SMILES string of the molecule is C=CC.C=CC1=C(C=C)C(C)(C)c2cc(-c3cc4c5c6c(cc(-c7ccc8c(c7)C(C)(C)c7ccccc7-8)cc6n(-c6ccccc6)c5c3)CC4)ccc21. The average molecular weight is 698 g/mol. The molecule has 0 radical (unpaired) electrons. The van der Waals surface area contributed by atoms with E-state index in [0.29, 0.717) is 0 Å². The van der Waals surface area contributed by atoms with Gasteiger partial charge in [-0.1, -0.05) is 138 Å². The van der Waals surface area contributed by atoms with E-state index >= 15 is 0 Å². The third kappa shape index (κ3) is 4.77. The van der Waals surface area contributed by atoms with E-state index in [-0.39, 0.29) is 10.8 Å². The van der Waals surface area contributed by atoms with Gasteiger partial charge in [-0.15, -0.1) is 6.58 Å². The van der Waals surface area contributed by atoms with E-state index in [9.17, 15) is 0 Å². The third-order valence-electron chi connectivity index (χ3n) is 12.4. The Morgan fingerprint density at radius 2 is 1.04 bits per heavy atom. The van der Waals surface area contributed by atoms with Gasteiger partial charge in [0, 0.05) is 27.3 Å². The molecule has 0 unspecified atom stereocenters. The summed E-state index contributed by atoms with van der Waals surface area (Å²) in [4.78, 5) is 0. The number of benzene rings is 6. The van der Waals surface area contributed by atoms with E-state index in [0.717, 1.165) is 12.8 Å². The molecule has 0 spiro atoms. The zero-order valence-electron chi connectivity index (χ0n) is 32.2. The Labute approximate surface area is 320 Å². The van der Waals surface area contributed by atoms with E-state index in [1.54, 1.807) is 6.08 Å². The van der Waals surface area contributed by atoms with Crippen LogP contribution in [0, 0.1) is 0 Å². The molecule has 0 atom stereocenters. The summed E-state index contributed by atoms with van der Waals surface area (Å²) >= 11 is 0. The van der Waals surface area contributed by atoms with Crippen LogP contribution in [0.3, 0.4) is 0 Å². The Hall–Kier alpha value is -5.92. The van der Waals surface area contributed by atoms with Gasteiger partial charge in [0.1, 0.15) is 0 Å². The smallest absolute Gasteiger partial charge is 0.0550 e. The average Bonchev–Trinajstić information content (AvgIpc) is 3.73. The molecule has 1 heteroatoms. The first-order valence-electron chi connectivity index (χ1n) is 19.3. The van der Waals surface area contributed by atoms with Crippen molar-refractivity contribution >= 4 is 27.4 Å². The highest BCUT2D eigenvalue weighted by Crippen LogP contribution is 2.51. The van der Waals surface area contributed by atoms with Crippen LogP contribution in [-0.2, 0) is 23.7 Å². The summed E-state index contributed by atoms with van der Waals surface area (Å²) in [7, 11) is 0. The lowest BCUT2D eigenvalue weighted by Crippen LogP contribution is -2.16. The Kier molecular flexibility index (Phi) is 7.73. The topological polar surface area (TPSA) is 4.93 Å². The van der Waals surface area contributed by atoms with Crippen molar-refractivity contribution in [3.05, 3.63) is 192 Å². The molecule has 0 amide bonds. The van der Waals surface area contributed by atoms with Gasteiger partial charge in [-0.25, -0.2) is 0 Å². The van der Waals surface area contributed by atoms with Crippen LogP contribution in [0.5, 0.6) is 0 Å². The van der Waals surface area contributed by atoms with E-state index in [1.165, 1.54) is 105 Å². The minimum Gasteiger partial charge on any atom is -0.309 e. The van der Waals surface area contributed by atoms with Gasteiger partial charge >= 0.3 is 0 Å². The van der Waals surface area contributed by atoms with Crippen molar-refractivity contribution in [2.24, 2.45) is 0 Å². The maximum Gasteiger partial charge on any atom is 0.0550 e. The molecule has 0 fully saturated rings. The molecule has 7 aromatic rings. The summed E-state index contributed by atoms with van der Waals surface area (Å²) in [6.07, 6.45) is 7.82. The molecule has 264 valence electrons. The summed E-state index contributed by atoms with van der Waals surface area (Å²) in [6, 6.07) is 43.9. The number of rotatable bonds is 5. The van der Waals surface area contributed by atoms with Gasteiger partial charge in [-0.05, 0) is 134 Å². The summed E-state index contributed by atoms with van der Waals surface area (Å²) in [5, 5.41) is 2.81. The fourth-order valence-electron chi connectivity index (χ4n) is 9.85. The van der Waals surface area contributed by atoms with Crippen LogP contribution < -0.4 is 0 Å². The molecule has 1 nitrogen and oxygen atoms in total. The van der Waals surface area contributed by atoms with Crippen LogP contribution >= 0.6 is 0 Å². The predicted molar refractivity (Wildman–Crippen MR) is 233 cm³/mol. The normalized spacial score (nSPS) is 15.4. The monoisotopic (exact) mass is 697 g/mol. The maximum absolute atomic E-state index is 4.17. The first kappa shape index (κ1) is 33.9. The van der Waals surface area contributed by atoms with Crippen LogP contribution in [0.25, 0.3) is 66.4 Å². The van der Waals surface area contributed by atoms with Crippen LogP contribution in [0.15, 0.2) is 159 Å². The van der Waals surface area contributed by atoms with Gasteiger partial charge in [-0.3, -0.25) is 0 Å². The molecule has 1 heterocycles. The molecule has 0 saturated carbocycles. The largest absolute Gasteiger partial charge is 0.309 e. The molecule has 3 aliphatic rings. The fraction of sp³-hybridized carbons (Fsp3) is 0.170. The van der Waals surface area contributed by atoms with Gasteiger partial charge in [-0.2, -0.15) is 0 Å². The highest BCUT2D eigenvalue weighted by atomic mass is 15.0. The Morgan fingerprint density at radius 1 is 0.519 bits per heavy atom. The zero-order chi connectivity index (χ0) is 37.5. The second-order valence-corrected chi connectivity index (χ2v) is 16.2. The van der Waals surface area contributed by atoms with E-state index in [4.69, 9.17) is 0 Å². The van der Waals surface area contributed by atoms with Gasteiger partial charge in [0.05, 0.1) is 11.0 Å². The molecule has 1 aromatic heterocycles. The lowest BCUT2D eigenvalue weighted by atomic mass is 9.80. The Morgan fingerprint density at radius 3 is 1.61 bits per heavy atom. The molecule has 0 N–H and O–H groups in total. The molecule has 10 rings (SSSR count). The summed E-state index contributed by atoms with van der Waals surface area (Å²) in [5.41, 5.74) is 22.2. The van der Waals surface area contributed by atoms with Crippen molar-refractivity contribution in [3.8, 4) is 39.1 Å². The van der Waals surface area contributed by atoms with E-state index < -0.39 is 0 Å². The fourth-order valence-corrected chi connectivity index (χ4v) is 9.85. The molecular weight excluding hydrogens is 651 g/mol. The highest BCUT2D eigenvalue weighted by molar-refractivity contribution is 6.15. The number of hydrogen-bond acceptors (Lipinski definition) is 0. The van der Waals surface area contributed by atoms with Crippen molar-refractivity contribution in [2.75, 3.05) is 0 Å². The van der Waals surface area contributed by atoms with Gasteiger partial charge in [0.25, 0.3) is 0 Å². The van der Waals surface area contributed by atoms with E-state index in [1.807, 2.05) is 19.1 Å². The zero-order valence-corrected chi connectivity index (χ0v) is 32.2. The van der Waals surface area contributed by atoms with Crippen molar-refractivity contribution in [3.63, 3.8) is 0 Å². The van der Waals surface area contributed by atoms with Gasteiger partial charge < -0.3 is 4.57 Å². The Bertz CT molecular complexity index is 2760. The van der Waals surface area contributed by atoms with Gasteiger partial charge in [0.15, 0.2) is 0 Å². The predicted octanol–water partition coefficient (Wildman–Crippen LogP) is 14.1. The standard InChI is InChI=1S/C50H41N.C3H6/c1-7-37-39-22-20-30(26-43(39)49(3,4)41(37)8-2)34-24-32-18-19-33-25-35(29-46-48(33)47(32)45(28-34)51(46)36-14-10-9-11-15-36)31-21-23-40-38-16-12-13-17-42(38)50(5,6)44(40)27-31;1-3-2/h7-17,20-29H,1-2,18-19H2,3-6H3;3H,1H2,2H3. The number of nitrogens with zero attached hydrogens (tertiary/aromatic N) is 1. The minimum atomic E-state index is -0.130. The van der Waals surface area contributed by atoms with Crippen molar-refractivity contribution in [2.45, 2.75) is 58.3 Å². The number of para-hydroxylation sites is 1. The molecular formula is C53H47N. The number of fused-ring (bicyclic) bond motifs is 4. The van der Waals surface area contributed by atoms with Gasteiger partial charge in [0.2, 0.25) is 0 Å². The lowest BCUT2D eigenvalue weighted by molar-refractivity contribution is 0.655. The summed E-state index contributed by atoms with van der Waals surface area (Å²) in [6.45, 7) is 22.9. The molecule has 0 saturated heterocycles. The lowest BCUT2D eigenvalue weighted by Gasteiger charge is -2.23. The quantitative estimate of drug-likeness (QED) is 0.158. The number of hydrogen-bond donors (Lipinski definition) is 0. The molecule has 0 bridgehead atoms. The highest BCUT2D eigenvalue weighted by Gasteiger charge is 2.37. The summed E-state index contributed by atoms with van der Waals surface area (Å²) < 4.78 is 2.52. The van der Waals surface area contributed by atoms with Crippen LogP contribution in [0.2, 0.25) is 0 Å². The minimum absolute atomic E-state index is 0.0338. The van der Waals surface area contributed by atoms with Crippen molar-refractivity contribution in [1.82, 2.24) is 4.57 Å². The number of aryl methyl sites for hydroxylation is 2. The second-order valence-electron chi connectivity index (χ2n) is 16.2. The number of allylic oxidation sites excluding steroid dienone is 5. The van der Waals surface area contributed by atoms with Crippen LogP contribution in [0.4, 0.5) is 0 Å². The first-order valence-corrected chi connectivity index (χ1v) is 19.3. The second kappa shape index (κ2) is 12.3. The van der Waals surface area contributed by atoms with Crippen LogP contribution in [0.1, 0.15) is 68.0 Å². The van der Waals surface area contributed by atoms with Crippen LogP contribution in [-0.4, -0.2) is 4.57 Å². The van der Waals surface area contributed by atoms with E-state index in [2.05, 4.69) is 167 Å². The molecule has 3 aliphatic carbocycles. The maximum atomic E-state index is 4.17. The number of aromatic nitrogens is 1.